The van der Waals surface area contributed by atoms with Gasteiger partial charge in [0.15, 0.2) is 0 Å². The van der Waals surface area contributed by atoms with Crippen LogP contribution >= 0.6 is 0 Å². The van der Waals surface area contributed by atoms with Crippen LogP contribution in [0.15, 0.2) is 0 Å². The van der Waals surface area contributed by atoms with Crippen molar-refractivity contribution in [1.82, 2.24) is 4.90 Å². The number of esters is 1. The van der Waals surface area contributed by atoms with Gasteiger partial charge in [-0.3, -0.25) is 4.79 Å². The Bertz CT molecular complexity index is 404. The van der Waals surface area contributed by atoms with E-state index >= 15 is 0 Å². The minimum atomic E-state index is -0.439. The molecule has 1 aliphatic heterocycles. The van der Waals surface area contributed by atoms with E-state index in [1.165, 1.54) is 7.11 Å². The zero-order valence-electron chi connectivity index (χ0n) is 15.6. The van der Waals surface area contributed by atoms with Gasteiger partial charge in [-0.05, 0) is 57.8 Å². The summed E-state index contributed by atoms with van der Waals surface area (Å²) in [5.41, 5.74) is -0.471. The highest BCUT2D eigenvalue weighted by atomic mass is 16.6. The fourth-order valence-corrected chi connectivity index (χ4v) is 2.88. The summed E-state index contributed by atoms with van der Waals surface area (Å²) >= 11 is 0. The van der Waals surface area contributed by atoms with Crippen LogP contribution in [0.1, 0.15) is 66.7 Å². The molecule has 23 heavy (non-hydrogen) atoms. The molecule has 0 aliphatic carbocycles. The molecule has 0 atom stereocenters. The molecule has 0 N–H and O–H groups in total. The number of hydrogen-bond acceptors (Lipinski definition) is 4. The Hall–Kier alpha value is -1.26. The minimum Gasteiger partial charge on any atom is -0.469 e. The van der Waals surface area contributed by atoms with E-state index in [-0.39, 0.29) is 17.5 Å². The topological polar surface area (TPSA) is 55.8 Å². The number of hydrogen-bond donors (Lipinski definition) is 0. The largest absolute Gasteiger partial charge is 0.469 e. The molecule has 0 aromatic rings. The maximum absolute atomic E-state index is 12.0. The normalized spacial score (nSPS) is 17.0. The van der Waals surface area contributed by atoms with Crippen LogP contribution in [-0.2, 0) is 14.3 Å². The predicted molar refractivity (Wildman–Crippen MR) is 90.2 cm³/mol. The van der Waals surface area contributed by atoms with Crippen LogP contribution in [0.3, 0.4) is 0 Å². The number of nitrogens with zero attached hydrogens (tertiary/aromatic N) is 1. The SMILES string of the molecule is COC(=O)CC(C)(C)CCC1CCN(C(=O)OC(C)(C)C)CC1. The summed E-state index contributed by atoms with van der Waals surface area (Å²) in [4.78, 5) is 25.3. The Kier molecular flexibility index (Phi) is 6.90. The van der Waals surface area contributed by atoms with E-state index in [0.29, 0.717) is 12.3 Å². The summed E-state index contributed by atoms with van der Waals surface area (Å²) in [5, 5.41) is 0. The van der Waals surface area contributed by atoms with Crippen LogP contribution in [0.5, 0.6) is 0 Å². The Balaban J connectivity index is 2.34. The van der Waals surface area contributed by atoms with Crippen LogP contribution in [0, 0.1) is 11.3 Å². The number of piperidine rings is 1. The number of rotatable bonds is 5. The second kappa shape index (κ2) is 8.02. The van der Waals surface area contributed by atoms with E-state index in [1.54, 1.807) is 4.90 Å². The average molecular weight is 327 g/mol. The zero-order valence-corrected chi connectivity index (χ0v) is 15.6. The first-order valence-electron chi connectivity index (χ1n) is 8.57. The van der Waals surface area contributed by atoms with Crippen LogP contribution in [0.2, 0.25) is 0 Å². The number of ether oxygens (including phenoxy) is 2. The molecular formula is C18H33NO4. The predicted octanol–water partition coefficient (Wildman–Crippen LogP) is 4.00. The summed E-state index contributed by atoms with van der Waals surface area (Å²) in [6.07, 6.45) is 4.36. The first-order valence-corrected chi connectivity index (χ1v) is 8.57. The standard InChI is InChI=1S/C18H33NO4/c1-17(2,3)23-16(21)19-11-8-14(9-12-19)7-10-18(4,5)13-15(20)22-6/h14H,7-13H2,1-6H3. The molecule has 134 valence electrons. The lowest BCUT2D eigenvalue weighted by atomic mass is 9.80. The fraction of sp³-hybridized carbons (Fsp3) is 0.889. The molecule has 0 unspecified atom stereocenters. The molecule has 1 saturated heterocycles. The van der Waals surface area contributed by atoms with E-state index in [0.717, 1.165) is 38.8 Å². The van der Waals surface area contributed by atoms with Crippen molar-refractivity contribution in [3.8, 4) is 0 Å². The van der Waals surface area contributed by atoms with Gasteiger partial charge in [0.25, 0.3) is 0 Å². The molecule has 1 amide bonds. The van der Waals surface area contributed by atoms with Crippen molar-refractivity contribution in [1.29, 1.82) is 0 Å². The van der Waals surface area contributed by atoms with Crippen LogP contribution in [0.4, 0.5) is 4.79 Å². The van der Waals surface area contributed by atoms with Gasteiger partial charge in [0, 0.05) is 13.1 Å². The van der Waals surface area contributed by atoms with Crippen molar-refractivity contribution in [2.45, 2.75) is 72.3 Å². The van der Waals surface area contributed by atoms with Crippen LogP contribution in [-0.4, -0.2) is 42.8 Å². The Morgan fingerprint density at radius 3 is 2.13 bits per heavy atom. The summed E-state index contributed by atoms with van der Waals surface area (Å²) < 4.78 is 10.2. The minimum absolute atomic E-state index is 0.0323. The lowest BCUT2D eigenvalue weighted by molar-refractivity contribution is -0.143. The summed E-state index contributed by atoms with van der Waals surface area (Å²) in [6, 6.07) is 0. The monoisotopic (exact) mass is 327 g/mol. The number of methoxy groups -OCH3 is 1. The molecule has 1 rings (SSSR count). The molecular weight excluding hydrogens is 294 g/mol. The number of amides is 1. The van der Waals surface area contributed by atoms with Gasteiger partial charge in [0.2, 0.25) is 0 Å². The summed E-state index contributed by atoms with van der Waals surface area (Å²) in [7, 11) is 1.44. The Morgan fingerprint density at radius 2 is 1.65 bits per heavy atom. The van der Waals surface area contributed by atoms with Gasteiger partial charge >= 0.3 is 12.1 Å². The first kappa shape index (κ1) is 19.8. The summed E-state index contributed by atoms with van der Waals surface area (Å²) in [5.74, 6) is 0.473. The summed E-state index contributed by atoms with van der Waals surface area (Å²) in [6.45, 7) is 11.4. The van der Waals surface area contributed by atoms with Crippen molar-refractivity contribution >= 4 is 12.1 Å². The average Bonchev–Trinajstić information content (AvgIpc) is 2.43. The Labute approximate surface area is 140 Å². The van der Waals surface area contributed by atoms with E-state index < -0.39 is 5.60 Å². The van der Waals surface area contributed by atoms with Gasteiger partial charge in [0.1, 0.15) is 5.60 Å². The number of carbonyl (C=O) groups excluding carboxylic acids is 2. The van der Waals surface area contributed by atoms with Crippen molar-refractivity contribution < 1.29 is 19.1 Å². The van der Waals surface area contributed by atoms with Gasteiger partial charge in [-0.2, -0.15) is 0 Å². The third-order valence-corrected chi connectivity index (χ3v) is 4.35. The maximum atomic E-state index is 12.0. The molecule has 0 aromatic heterocycles. The van der Waals surface area contributed by atoms with Gasteiger partial charge in [-0.25, -0.2) is 4.79 Å². The van der Waals surface area contributed by atoms with Crippen molar-refractivity contribution in [2.75, 3.05) is 20.2 Å². The zero-order chi connectivity index (χ0) is 17.7. The van der Waals surface area contributed by atoms with Crippen molar-refractivity contribution in [3.05, 3.63) is 0 Å². The molecule has 0 radical (unpaired) electrons. The lowest BCUT2D eigenvalue weighted by Gasteiger charge is -2.34. The first-order chi connectivity index (χ1) is 10.5. The molecule has 1 aliphatic rings. The third-order valence-electron chi connectivity index (χ3n) is 4.35. The number of likely N-dealkylation sites (tertiary alicyclic amines) is 1. The van der Waals surface area contributed by atoms with E-state index in [2.05, 4.69) is 13.8 Å². The molecule has 1 heterocycles. The smallest absolute Gasteiger partial charge is 0.410 e. The van der Waals surface area contributed by atoms with Gasteiger partial charge < -0.3 is 14.4 Å². The van der Waals surface area contributed by atoms with E-state index in [9.17, 15) is 9.59 Å². The van der Waals surface area contributed by atoms with E-state index in [1.807, 2.05) is 20.8 Å². The highest BCUT2D eigenvalue weighted by molar-refractivity contribution is 5.70. The third kappa shape index (κ3) is 7.71. The second-order valence-corrected chi connectivity index (χ2v) is 8.37. The molecule has 5 nitrogen and oxygen atoms in total. The maximum Gasteiger partial charge on any atom is 0.410 e. The molecule has 0 spiro atoms. The highest BCUT2D eigenvalue weighted by Gasteiger charge is 2.29. The van der Waals surface area contributed by atoms with Crippen molar-refractivity contribution in [3.63, 3.8) is 0 Å². The molecule has 1 fully saturated rings. The molecule has 5 heteroatoms. The van der Waals surface area contributed by atoms with Crippen LogP contribution in [0.25, 0.3) is 0 Å². The molecule has 0 saturated carbocycles. The highest BCUT2D eigenvalue weighted by Crippen LogP contribution is 2.32. The van der Waals surface area contributed by atoms with Crippen LogP contribution < -0.4 is 0 Å². The molecule has 0 bridgehead atoms. The van der Waals surface area contributed by atoms with Gasteiger partial charge in [-0.1, -0.05) is 13.8 Å². The lowest BCUT2D eigenvalue weighted by Crippen LogP contribution is -2.41. The Morgan fingerprint density at radius 1 is 1.09 bits per heavy atom. The van der Waals surface area contributed by atoms with Gasteiger partial charge in [0.05, 0.1) is 13.5 Å². The quantitative estimate of drug-likeness (QED) is 0.716. The number of carbonyl (C=O) groups is 2. The van der Waals surface area contributed by atoms with Gasteiger partial charge in [-0.15, -0.1) is 0 Å². The fourth-order valence-electron chi connectivity index (χ4n) is 2.88. The van der Waals surface area contributed by atoms with E-state index in [4.69, 9.17) is 9.47 Å². The molecule has 0 aromatic carbocycles. The van der Waals surface area contributed by atoms with Crippen molar-refractivity contribution in [2.24, 2.45) is 11.3 Å². The second-order valence-electron chi connectivity index (χ2n) is 8.37.